The zero-order valence-electron chi connectivity index (χ0n) is 11.2. The maximum Gasteiger partial charge on any atom is 0.139 e. The summed E-state index contributed by atoms with van der Waals surface area (Å²) in [5, 5.41) is 0.744. The maximum atomic E-state index is 11.7. The Hall–Kier alpha value is -1.60. The molecule has 0 saturated heterocycles. The Morgan fingerprint density at radius 2 is 1.68 bits per heavy atom. The molecule has 0 aliphatic heterocycles. The third kappa shape index (κ3) is 3.45. The third-order valence-corrected chi connectivity index (χ3v) is 3.49. The van der Waals surface area contributed by atoms with E-state index in [9.17, 15) is 4.79 Å². The van der Waals surface area contributed by atoms with Gasteiger partial charge in [-0.05, 0) is 17.2 Å². The molecular formula is C17H17ClO. The van der Waals surface area contributed by atoms with Crippen LogP contribution in [-0.2, 0) is 11.2 Å². The maximum absolute atomic E-state index is 11.7. The summed E-state index contributed by atoms with van der Waals surface area (Å²) in [5.74, 6) is 0.355. The van der Waals surface area contributed by atoms with Gasteiger partial charge in [0.2, 0.25) is 0 Å². The minimum absolute atomic E-state index is 0.0863. The van der Waals surface area contributed by atoms with Gasteiger partial charge in [0.05, 0.1) is 0 Å². The highest BCUT2D eigenvalue weighted by molar-refractivity contribution is 6.33. The smallest absolute Gasteiger partial charge is 0.139 e. The number of rotatable bonds is 4. The second-order valence-electron chi connectivity index (χ2n) is 4.97. The van der Waals surface area contributed by atoms with Gasteiger partial charge in [-0.3, -0.25) is 4.79 Å². The van der Waals surface area contributed by atoms with Gasteiger partial charge in [0.15, 0.2) is 0 Å². The van der Waals surface area contributed by atoms with Crippen molar-refractivity contribution in [2.24, 2.45) is 5.92 Å². The molecule has 19 heavy (non-hydrogen) atoms. The van der Waals surface area contributed by atoms with Gasteiger partial charge < -0.3 is 0 Å². The minimum atomic E-state index is 0.0863. The van der Waals surface area contributed by atoms with Gasteiger partial charge in [0.25, 0.3) is 0 Å². The first kappa shape index (κ1) is 13.8. The van der Waals surface area contributed by atoms with Crippen LogP contribution < -0.4 is 0 Å². The number of ketones is 1. The molecule has 0 N–H and O–H groups in total. The number of benzene rings is 2. The zero-order chi connectivity index (χ0) is 13.8. The topological polar surface area (TPSA) is 17.1 Å². The fourth-order valence-corrected chi connectivity index (χ4v) is 2.15. The molecule has 0 unspecified atom stereocenters. The van der Waals surface area contributed by atoms with Gasteiger partial charge in [-0.1, -0.05) is 67.9 Å². The van der Waals surface area contributed by atoms with Gasteiger partial charge >= 0.3 is 0 Å². The predicted molar refractivity (Wildman–Crippen MR) is 80.4 cm³/mol. The van der Waals surface area contributed by atoms with Crippen LogP contribution >= 0.6 is 11.6 Å². The largest absolute Gasteiger partial charge is 0.299 e. The van der Waals surface area contributed by atoms with E-state index in [-0.39, 0.29) is 11.7 Å². The van der Waals surface area contributed by atoms with E-state index in [1.807, 2.05) is 62.4 Å². The van der Waals surface area contributed by atoms with Crippen LogP contribution in [0.2, 0.25) is 5.02 Å². The SMILES string of the molecule is CC(C)C(=O)Cc1ccc(-c2ccccc2Cl)cc1. The molecule has 0 fully saturated rings. The highest BCUT2D eigenvalue weighted by atomic mass is 35.5. The van der Waals surface area contributed by atoms with E-state index in [0.29, 0.717) is 6.42 Å². The van der Waals surface area contributed by atoms with E-state index in [1.165, 1.54) is 0 Å². The average molecular weight is 273 g/mol. The molecule has 0 aromatic heterocycles. The van der Waals surface area contributed by atoms with Crippen molar-refractivity contribution in [2.45, 2.75) is 20.3 Å². The van der Waals surface area contributed by atoms with Crippen molar-refractivity contribution in [3.8, 4) is 11.1 Å². The van der Waals surface area contributed by atoms with Crippen LogP contribution in [0.4, 0.5) is 0 Å². The summed E-state index contributed by atoms with van der Waals surface area (Å²) in [7, 11) is 0. The molecule has 0 spiro atoms. The number of carbonyl (C=O) groups excluding carboxylic acids is 1. The predicted octanol–water partition coefficient (Wildman–Crippen LogP) is 4.77. The monoisotopic (exact) mass is 272 g/mol. The molecule has 2 aromatic rings. The molecule has 0 atom stereocenters. The van der Waals surface area contributed by atoms with Gasteiger partial charge in [-0.25, -0.2) is 0 Å². The molecule has 2 aromatic carbocycles. The fourth-order valence-electron chi connectivity index (χ4n) is 1.90. The van der Waals surface area contributed by atoms with E-state index in [4.69, 9.17) is 11.6 Å². The van der Waals surface area contributed by atoms with Gasteiger partial charge in [-0.15, -0.1) is 0 Å². The Bertz CT molecular complexity index is 570. The van der Waals surface area contributed by atoms with Crippen molar-refractivity contribution < 1.29 is 4.79 Å². The molecule has 0 aliphatic rings. The van der Waals surface area contributed by atoms with Gasteiger partial charge in [-0.2, -0.15) is 0 Å². The molecule has 0 bridgehead atoms. The number of halogens is 1. The first-order valence-electron chi connectivity index (χ1n) is 6.44. The molecule has 98 valence electrons. The van der Waals surface area contributed by atoms with Crippen molar-refractivity contribution >= 4 is 17.4 Å². The molecule has 0 saturated carbocycles. The zero-order valence-corrected chi connectivity index (χ0v) is 11.9. The summed E-state index contributed by atoms with van der Waals surface area (Å²) in [5.41, 5.74) is 3.15. The Labute approximate surface area is 119 Å². The van der Waals surface area contributed by atoms with E-state index < -0.39 is 0 Å². The normalized spacial score (nSPS) is 10.7. The quantitative estimate of drug-likeness (QED) is 0.783. The molecule has 2 rings (SSSR count). The average Bonchev–Trinajstić information content (AvgIpc) is 2.40. The lowest BCUT2D eigenvalue weighted by Gasteiger charge is -2.07. The molecular weight excluding hydrogens is 256 g/mol. The van der Waals surface area contributed by atoms with E-state index in [1.54, 1.807) is 0 Å². The highest BCUT2D eigenvalue weighted by Gasteiger charge is 2.08. The minimum Gasteiger partial charge on any atom is -0.299 e. The van der Waals surface area contributed by atoms with E-state index in [0.717, 1.165) is 21.7 Å². The van der Waals surface area contributed by atoms with Gasteiger partial charge in [0.1, 0.15) is 5.78 Å². The van der Waals surface area contributed by atoms with Crippen LogP contribution in [0.5, 0.6) is 0 Å². The Balaban J connectivity index is 2.20. The second kappa shape index (κ2) is 6.03. The van der Waals surface area contributed by atoms with Crippen LogP contribution in [0.1, 0.15) is 19.4 Å². The Morgan fingerprint density at radius 3 is 2.26 bits per heavy atom. The van der Waals surface area contributed by atoms with Crippen LogP contribution in [-0.4, -0.2) is 5.78 Å². The molecule has 0 heterocycles. The summed E-state index contributed by atoms with van der Waals surface area (Å²) in [6, 6.07) is 15.8. The van der Waals surface area contributed by atoms with E-state index in [2.05, 4.69) is 0 Å². The molecule has 0 radical (unpaired) electrons. The molecule has 0 aliphatic carbocycles. The molecule has 0 amide bonds. The fraction of sp³-hybridized carbons (Fsp3) is 0.235. The van der Waals surface area contributed by atoms with Crippen molar-refractivity contribution in [3.05, 3.63) is 59.1 Å². The number of hydrogen-bond acceptors (Lipinski definition) is 1. The number of Topliss-reactive ketones (excluding diaryl/α,β-unsaturated/α-hetero) is 1. The number of carbonyl (C=O) groups is 1. The van der Waals surface area contributed by atoms with Crippen molar-refractivity contribution in [1.29, 1.82) is 0 Å². The third-order valence-electron chi connectivity index (χ3n) is 3.16. The molecule has 2 heteroatoms. The first-order chi connectivity index (χ1) is 9.08. The van der Waals surface area contributed by atoms with Crippen molar-refractivity contribution in [2.75, 3.05) is 0 Å². The van der Waals surface area contributed by atoms with Crippen LogP contribution in [0.3, 0.4) is 0 Å². The summed E-state index contributed by atoms with van der Waals surface area (Å²) in [6.07, 6.45) is 0.500. The Kier molecular flexibility index (Phi) is 4.39. The second-order valence-corrected chi connectivity index (χ2v) is 5.38. The van der Waals surface area contributed by atoms with Crippen LogP contribution in [0.25, 0.3) is 11.1 Å². The van der Waals surface area contributed by atoms with Crippen molar-refractivity contribution in [3.63, 3.8) is 0 Å². The first-order valence-corrected chi connectivity index (χ1v) is 6.82. The van der Waals surface area contributed by atoms with Crippen LogP contribution in [0.15, 0.2) is 48.5 Å². The lowest BCUT2D eigenvalue weighted by molar-refractivity contribution is -0.121. The Morgan fingerprint density at radius 1 is 1.05 bits per heavy atom. The molecule has 1 nitrogen and oxygen atoms in total. The lowest BCUT2D eigenvalue weighted by atomic mass is 9.98. The van der Waals surface area contributed by atoms with E-state index >= 15 is 0 Å². The van der Waals surface area contributed by atoms with Crippen molar-refractivity contribution in [1.82, 2.24) is 0 Å². The number of hydrogen-bond donors (Lipinski definition) is 0. The van der Waals surface area contributed by atoms with Crippen LogP contribution in [0, 0.1) is 5.92 Å². The summed E-state index contributed by atoms with van der Waals surface area (Å²) in [4.78, 5) is 11.7. The highest BCUT2D eigenvalue weighted by Crippen LogP contribution is 2.27. The van der Waals surface area contributed by atoms with Gasteiger partial charge in [0, 0.05) is 22.9 Å². The summed E-state index contributed by atoms with van der Waals surface area (Å²) < 4.78 is 0. The summed E-state index contributed by atoms with van der Waals surface area (Å²) in [6.45, 7) is 3.86. The summed E-state index contributed by atoms with van der Waals surface area (Å²) >= 11 is 6.17. The standard InChI is InChI=1S/C17H17ClO/c1-12(2)17(19)11-13-7-9-14(10-8-13)15-5-3-4-6-16(15)18/h3-10,12H,11H2,1-2H3. The lowest BCUT2D eigenvalue weighted by Crippen LogP contribution is -2.09.